The monoisotopic (exact) mass is 493 g/mol. The van der Waals surface area contributed by atoms with Crippen molar-refractivity contribution in [1.29, 1.82) is 0 Å². The third kappa shape index (κ3) is 4.05. The largest absolute Gasteiger partial charge is 0.475 e. The summed E-state index contributed by atoms with van der Waals surface area (Å²) < 4.78 is 36.6. The number of ether oxygens (including phenoxy) is 1. The third-order valence-electron chi connectivity index (χ3n) is 5.91. The van der Waals surface area contributed by atoms with Gasteiger partial charge in [-0.05, 0) is 25.1 Å². The smallest absolute Gasteiger partial charge is 0.387 e. The fourth-order valence-electron chi connectivity index (χ4n) is 4.14. The predicted molar refractivity (Wildman–Crippen MR) is 117 cm³/mol. The van der Waals surface area contributed by atoms with E-state index < -0.39 is 50.1 Å². The van der Waals surface area contributed by atoms with Crippen molar-refractivity contribution >= 4 is 24.8 Å². The Balaban J connectivity index is 1.33. The van der Waals surface area contributed by atoms with E-state index in [1.54, 1.807) is 24.4 Å². The van der Waals surface area contributed by atoms with Gasteiger partial charge in [0, 0.05) is 18.8 Å². The molecule has 34 heavy (non-hydrogen) atoms. The van der Waals surface area contributed by atoms with Crippen LogP contribution in [0.15, 0.2) is 41.5 Å². The zero-order valence-electron chi connectivity index (χ0n) is 18.1. The van der Waals surface area contributed by atoms with E-state index in [1.807, 2.05) is 0 Å². The number of aliphatic hydroxyl groups is 2. The number of H-pyrrole nitrogens is 1. The van der Waals surface area contributed by atoms with Crippen molar-refractivity contribution in [1.82, 2.24) is 19.5 Å². The zero-order valence-corrected chi connectivity index (χ0v) is 19.0. The molecule has 0 unspecified atom stereocenters. The van der Waals surface area contributed by atoms with Crippen molar-refractivity contribution in [2.45, 2.75) is 43.5 Å². The Morgan fingerprint density at radius 3 is 3.00 bits per heavy atom. The second-order valence-electron chi connectivity index (χ2n) is 8.32. The number of phosphoric acid groups is 1. The van der Waals surface area contributed by atoms with Gasteiger partial charge in [0.2, 0.25) is 5.95 Å². The van der Waals surface area contributed by atoms with Gasteiger partial charge in [-0.2, -0.15) is 4.98 Å². The second-order valence-corrected chi connectivity index (χ2v) is 9.94. The number of anilines is 1. The minimum Gasteiger partial charge on any atom is -0.387 e. The molecule has 3 aromatic rings. The van der Waals surface area contributed by atoms with Gasteiger partial charge in [0.15, 0.2) is 11.9 Å². The lowest BCUT2D eigenvalue weighted by Crippen LogP contribution is -2.44. The summed E-state index contributed by atoms with van der Waals surface area (Å²) in [5, 5.41) is 22.0. The molecule has 5 heterocycles. The summed E-state index contributed by atoms with van der Waals surface area (Å²) in [5.41, 5.74) is 4.16. The lowest BCUT2D eigenvalue weighted by molar-refractivity contribution is -0.0951. The molecule has 0 aliphatic carbocycles. The molecule has 2 fully saturated rings. The molecule has 3 aromatic heterocycles. The number of aromatic amines is 1. The lowest BCUT2D eigenvalue weighted by Gasteiger charge is -2.29. The van der Waals surface area contributed by atoms with Gasteiger partial charge in [-0.1, -0.05) is 6.07 Å². The molecule has 13 nitrogen and oxygen atoms in total. The van der Waals surface area contributed by atoms with Crippen LogP contribution in [0.4, 0.5) is 5.95 Å². The Hall–Kier alpha value is -2.64. The number of hydrogen-bond donors (Lipinski definition) is 4. The van der Waals surface area contributed by atoms with Crippen molar-refractivity contribution < 1.29 is 33.1 Å². The molecule has 2 aliphatic rings. The normalized spacial score (nSPS) is 34.0. The Labute approximate surface area is 193 Å². The Kier molecular flexibility index (Phi) is 5.81. The van der Waals surface area contributed by atoms with Crippen molar-refractivity contribution in [2.24, 2.45) is 0 Å². The molecule has 0 amide bonds. The van der Waals surface area contributed by atoms with E-state index in [1.165, 1.54) is 23.8 Å². The van der Waals surface area contributed by atoms with E-state index in [0.717, 1.165) is 0 Å². The van der Waals surface area contributed by atoms with Gasteiger partial charge in [0.1, 0.15) is 23.9 Å². The predicted octanol–water partition coefficient (Wildman–Crippen LogP) is 1.01. The summed E-state index contributed by atoms with van der Waals surface area (Å²) in [6, 6.07) is 6.79. The first-order valence-corrected chi connectivity index (χ1v) is 12.0. The Morgan fingerprint density at radius 2 is 2.24 bits per heavy atom. The quantitative estimate of drug-likeness (QED) is 0.372. The number of pyridine rings is 1. The molecular weight excluding hydrogens is 469 g/mol. The van der Waals surface area contributed by atoms with Crippen LogP contribution in [0, 0.1) is 0 Å². The molecule has 2 aliphatic heterocycles. The van der Waals surface area contributed by atoms with Crippen LogP contribution in [0.25, 0.3) is 11.0 Å². The van der Waals surface area contributed by atoms with E-state index in [9.17, 15) is 19.6 Å². The highest BCUT2D eigenvalue weighted by molar-refractivity contribution is 7.48. The maximum atomic E-state index is 13.0. The molecule has 2 saturated heterocycles. The lowest BCUT2D eigenvalue weighted by atomic mass is 9.96. The highest BCUT2D eigenvalue weighted by Gasteiger charge is 2.54. The van der Waals surface area contributed by atoms with E-state index in [2.05, 4.69) is 15.0 Å². The second kappa shape index (κ2) is 8.54. The SMILES string of the molecule is C[C@@]1(O)[C@H](O)[C@@H](CO[P@@]2(=O)OCC[C@@H](c3ccccn3)O2)O[C@H]1n1ccc2c(=O)[nH]c(N)nc21. The van der Waals surface area contributed by atoms with Crippen LogP contribution in [0.5, 0.6) is 0 Å². The zero-order chi connectivity index (χ0) is 24.1. The van der Waals surface area contributed by atoms with Crippen molar-refractivity contribution in [3.05, 3.63) is 52.7 Å². The standard InChI is InChI=1S/C20H24N5O8P/c1-20(28)15(26)14(32-18(20)25-8-5-11-16(25)23-19(21)24-17(11)27)10-31-34(29)30-9-6-13(33-34)12-4-2-3-7-22-12/h2-5,7-8,13-15,18,26,28H,6,9-10H2,1H3,(H3,21,23,24,27)/t13-,14+,15+,18+,20+,34+/m0/s1. The van der Waals surface area contributed by atoms with Gasteiger partial charge in [-0.3, -0.25) is 28.3 Å². The van der Waals surface area contributed by atoms with E-state index in [4.69, 9.17) is 24.0 Å². The number of nitrogen functional groups attached to an aromatic ring is 1. The van der Waals surface area contributed by atoms with E-state index >= 15 is 0 Å². The van der Waals surface area contributed by atoms with Gasteiger partial charge in [-0.25, -0.2) is 4.57 Å². The number of nitrogens with zero attached hydrogens (tertiary/aromatic N) is 3. The van der Waals surface area contributed by atoms with Gasteiger partial charge in [0.05, 0.1) is 24.3 Å². The maximum Gasteiger partial charge on any atom is 0.475 e. The fourth-order valence-corrected chi connectivity index (χ4v) is 5.52. The van der Waals surface area contributed by atoms with Gasteiger partial charge < -0.3 is 25.3 Å². The molecule has 0 aromatic carbocycles. The average molecular weight is 493 g/mol. The number of fused-ring (bicyclic) bond motifs is 1. The minimum atomic E-state index is -3.98. The molecule has 0 saturated carbocycles. The Bertz CT molecular complexity index is 1300. The average Bonchev–Trinajstić information content (AvgIpc) is 3.32. The number of rotatable bonds is 5. The van der Waals surface area contributed by atoms with Gasteiger partial charge >= 0.3 is 7.82 Å². The summed E-state index contributed by atoms with van der Waals surface area (Å²) >= 11 is 0. The van der Waals surface area contributed by atoms with Crippen molar-refractivity contribution in [3.63, 3.8) is 0 Å². The first-order chi connectivity index (χ1) is 16.2. The molecule has 182 valence electrons. The van der Waals surface area contributed by atoms with Crippen LogP contribution >= 0.6 is 7.82 Å². The molecule has 6 atom stereocenters. The summed E-state index contributed by atoms with van der Waals surface area (Å²) in [6.45, 7) is 1.11. The first kappa shape index (κ1) is 23.1. The van der Waals surface area contributed by atoms with Crippen LogP contribution in [-0.4, -0.2) is 60.8 Å². The number of nitrogens with two attached hydrogens (primary N) is 1. The van der Waals surface area contributed by atoms with Crippen LogP contribution in [0.1, 0.15) is 31.4 Å². The van der Waals surface area contributed by atoms with E-state index in [0.29, 0.717) is 12.1 Å². The number of hydrogen-bond acceptors (Lipinski definition) is 11. The van der Waals surface area contributed by atoms with Gasteiger partial charge in [-0.15, -0.1) is 0 Å². The summed E-state index contributed by atoms with van der Waals surface area (Å²) in [7, 11) is -3.98. The molecule has 0 bridgehead atoms. The summed E-state index contributed by atoms with van der Waals surface area (Å²) in [5.74, 6) is -0.109. The summed E-state index contributed by atoms with van der Waals surface area (Å²) in [4.78, 5) is 22.9. The minimum absolute atomic E-state index is 0.109. The van der Waals surface area contributed by atoms with Crippen LogP contribution in [-0.2, 0) is 22.9 Å². The Morgan fingerprint density at radius 1 is 1.41 bits per heavy atom. The number of phosphoric ester groups is 1. The van der Waals surface area contributed by atoms with E-state index in [-0.39, 0.29) is 23.6 Å². The summed E-state index contributed by atoms with van der Waals surface area (Å²) in [6.07, 6.45) is -0.702. The van der Waals surface area contributed by atoms with Crippen molar-refractivity contribution in [3.8, 4) is 0 Å². The van der Waals surface area contributed by atoms with Crippen molar-refractivity contribution in [2.75, 3.05) is 18.9 Å². The first-order valence-electron chi connectivity index (χ1n) is 10.6. The highest BCUT2D eigenvalue weighted by Crippen LogP contribution is 2.57. The third-order valence-corrected chi connectivity index (χ3v) is 7.38. The molecule has 5 rings (SSSR count). The van der Waals surface area contributed by atoms with Crippen LogP contribution in [0.2, 0.25) is 0 Å². The highest BCUT2D eigenvalue weighted by atomic mass is 31.2. The number of aromatic nitrogens is 4. The fraction of sp³-hybridized carbons (Fsp3) is 0.450. The molecule has 5 N–H and O–H groups in total. The van der Waals surface area contributed by atoms with Crippen LogP contribution in [0.3, 0.4) is 0 Å². The number of nitrogens with one attached hydrogen (secondary N) is 1. The molecular formula is C20H24N5O8P. The topological polar surface area (TPSA) is 184 Å². The maximum absolute atomic E-state index is 13.0. The van der Waals surface area contributed by atoms with Crippen LogP contribution < -0.4 is 11.3 Å². The van der Waals surface area contributed by atoms with Gasteiger partial charge in [0.25, 0.3) is 5.56 Å². The number of aliphatic hydroxyl groups excluding tert-OH is 1. The molecule has 14 heteroatoms. The molecule has 0 radical (unpaired) electrons. The molecule has 0 spiro atoms.